The molecular weight excluding hydrogens is 460 g/mol. The molecule has 1 atom stereocenters. The van der Waals surface area contributed by atoms with Crippen LogP contribution in [-0.4, -0.2) is 34.1 Å². The fourth-order valence-electron chi connectivity index (χ4n) is 4.74. The first kappa shape index (κ1) is 25.1. The second kappa shape index (κ2) is 9.21. The number of thiazole rings is 1. The molecular formula is C28H32N2O4S. The third kappa shape index (κ3) is 4.88. The summed E-state index contributed by atoms with van der Waals surface area (Å²) in [5.41, 5.74) is 5.92. The molecule has 2 heterocycles. The molecule has 35 heavy (non-hydrogen) atoms. The van der Waals surface area contributed by atoms with Crippen molar-refractivity contribution >= 4 is 28.9 Å². The largest absolute Gasteiger partial charge is 0.479 e. The van der Waals surface area contributed by atoms with Crippen LogP contribution in [0.5, 0.6) is 0 Å². The predicted octanol–water partition coefficient (Wildman–Crippen LogP) is 6.19. The number of fused-ring (bicyclic) bond motifs is 1. The number of carbonyl (C=O) groups excluding carboxylic acids is 1. The lowest BCUT2D eigenvalue weighted by molar-refractivity contribution is -0.160. The average molecular weight is 493 g/mol. The zero-order chi connectivity index (χ0) is 25.7. The molecule has 184 valence electrons. The van der Waals surface area contributed by atoms with E-state index in [0.29, 0.717) is 24.2 Å². The summed E-state index contributed by atoms with van der Waals surface area (Å²) in [7, 11) is 0. The van der Waals surface area contributed by atoms with Crippen LogP contribution in [0.1, 0.15) is 69.5 Å². The van der Waals surface area contributed by atoms with Crippen LogP contribution in [0.4, 0.5) is 5.69 Å². The molecule has 0 radical (unpaired) electrons. The van der Waals surface area contributed by atoms with E-state index in [2.05, 4.69) is 4.98 Å². The Labute approximate surface area is 210 Å². The van der Waals surface area contributed by atoms with Gasteiger partial charge in [-0.15, -0.1) is 11.3 Å². The summed E-state index contributed by atoms with van der Waals surface area (Å²) in [5.74, 6) is -1.15. The average Bonchev–Trinajstić information content (AvgIpc) is 3.33. The minimum absolute atomic E-state index is 0.117. The molecule has 1 N–H and O–H groups in total. The number of benzene rings is 2. The maximum absolute atomic E-state index is 13.5. The molecule has 0 saturated heterocycles. The standard InChI is InChI=1S/C28H32N2O4S/c1-15-8-10-19(11-9-15)23-20-12-13-30(26(31)24-17(3)35-18(4)29-24)21(20)14-16(2)22(23)25(27(32)33)34-28(5,6)7/h8-11,14,25H,12-13H2,1-7H3,(H,32,33). The molecule has 0 aliphatic carbocycles. The molecule has 1 unspecified atom stereocenters. The third-order valence-electron chi connectivity index (χ3n) is 6.18. The van der Waals surface area contributed by atoms with Crippen molar-refractivity contribution in [1.82, 2.24) is 4.98 Å². The van der Waals surface area contributed by atoms with Crippen LogP contribution >= 0.6 is 11.3 Å². The van der Waals surface area contributed by atoms with Crippen LogP contribution in [0, 0.1) is 27.7 Å². The summed E-state index contributed by atoms with van der Waals surface area (Å²) >= 11 is 1.52. The number of rotatable bonds is 5. The smallest absolute Gasteiger partial charge is 0.337 e. The number of carbonyl (C=O) groups is 2. The molecule has 1 amide bonds. The maximum Gasteiger partial charge on any atom is 0.337 e. The maximum atomic E-state index is 13.5. The van der Waals surface area contributed by atoms with Gasteiger partial charge in [0.1, 0.15) is 5.69 Å². The molecule has 3 aromatic rings. The van der Waals surface area contributed by atoms with Gasteiger partial charge in [0.05, 0.1) is 10.6 Å². The van der Waals surface area contributed by atoms with Crippen molar-refractivity contribution in [3.05, 3.63) is 68.2 Å². The van der Waals surface area contributed by atoms with E-state index in [0.717, 1.165) is 43.4 Å². The van der Waals surface area contributed by atoms with Crippen molar-refractivity contribution in [1.29, 1.82) is 0 Å². The van der Waals surface area contributed by atoms with Crippen LogP contribution in [0.25, 0.3) is 11.1 Å². The van der Waals surface area contributed by atoms with Gasteiger partial charge in [0.2, 0.25) is 0 Å². The van der Waals surface area contributed by atoms with E-state index in [9.17, 15) is 14.7 Å². The number of ether oxygens (including phenoxy) is 1. The number of hydrogen-bond acceptors (Lipinski definition) is 5. The number of carboxylic acids is 1. The predicted molar refractivity (Wildman–Crippen MR) is 140 cm³/mol. The SMILES string of the molecule is Cc1ccc(-c2c3c(cc(C)c2C(OC(C)(C)C)C(=O)O)N(C(=O)c2nc(C)sc2C)CC3)cc1. The van der Waals surface area contributed by atoms with Crippen LogP contribution < -0.4 is 4.90 Å². The Kier molecular flexibility index (Phi) is 6.60. The second-order valence-electron chi connectivity index (χ2n) is 10.1. The zero-order valence-electron chi connectivity index (χ0n) is 21.4. The van der Waals surface area contributed by atoms with Crippen molar-refractivity contribution in [2.24, 2.45) is 0 Å². The molecule has 7 heteroatoms. The molecule has 1 aliphatic rings. The lowest BCUT2D eigenvalue weighted by Gasteiger charge is -2.29. The van der Waals surface area contributed by atoms with Crippen LogP contribution in [0.3, 0.4) is 0 Å². The summed E-state index contributed by atoms with van der Waals surface area (Å²) in [4.78, 5) is 33.1. The van der Waals surface area contributed by atoms with Gasteiger partial charge in [-0.1, -0.05) is 29.8 Å². The highest BCUT2D eigenvalue weighted by molar-refractivity contribution is 7.11. The Hall–Kier alpha value is -3.03. The number of nitrogens with zero attached hydrogens (tertiary/aromatic N) is 2. The summed E-state index contributed by atoms with van der Waals surface area (Å²) in [6.07, 6.45) is -0.508. The summed E-state index contributed by atoms with van der Waals surface area (Å²) in [6, 6.07) is 10.0. The van der Waals surface area contributed by atoms with Crippen molar-refractivity contribution in [3.63, 3.8) is 0 Å². The van der Waals surface area contributed by atoms with Crippen molar-refractivity contribution < 1.29 is 19.4 Å². The molecule has 2 aromatic carbocycles. The first-order chi connectivity index (χ1) is 16.4. The number of aliphatic carboxylic acids is 1. The minimum atomic E-state index is -1.13. The minimum Gasteiger partial charge on any atom is -0.479 e. The molecule has 1 aromatic heterocycles. The lowest BCUT2D eigenvalue weighted by atomic mass is 9.86. The molecule has 1 aliphatic heterocycles. The van der Waals surface area contributed by atoms with Gasteiger partial charge in [-0.3, -0.25) is 4.79 Å². The van der Waals surface area contributed by atoms with E-state index < -0.39 is 17.7 Å². The number of amides is 1. The summed E-state index contributed by atoms with van der Waals surface area (Å²) in [5, 5.41) is 11.1. The van der Waals surface area contributed by atoms with Crippen molar-refractivity contribution in [3.8, 4) is 11.1 Å². The van der Waals surface area contributed by atoms with Crippen LogP contribution in [0.2, 0.25) is 0 Å². The quantitative estimate of drug-likeness (QED) is 0.460. The highest BCUT2D eigenvalue weighted by Gasteiger charge is 2.36. The van der Waals surface area contributed by atoms with E-state index in [4.69, 9.17) is 4.74 Å². The van der Waals surface area contributed by atoms with E-state index in [-0.39, 0.29) is 5.91 Å². The van der Waals surface area contributed by atoms with E-state index >= 15 is 0 Å². The summed E-state index contributed by atoms with van der Waals surface area (Å²) in [6.45, 7) is 13.8. The van der Waals surface area contributed by atoms with Gasteiger partial charge in [0, 0.05) is 22.7 Å². The van der Waals surface area contributed by atoms with E-state index in [1.165, 1.54) is 11.3 Å². The molecule has 4 rings (SSSR count). The van der Waals surface area contributed by atoms with Crippen molar-refractivity contribution in [2.45, 2.75) is 66.6 Å². The fraction of sp³-hybridized carbons (Fsp3) is 0.393. The van der Waals surface area contributed by atoms with E-state index in [1.807, 2.05) is 78.8 Å². The number of carboxylic acid groups (broad SMARTS) is 1. The first-order valence-electron chi connectivity index (χ1n) is 11.8. The lowest BCUT2D eigenvalue weighted by Crippen LogP contribution is -2.30. The first-order valence-corrected chi connectivity index (χ1v) is 12.6. The Bertz CT molecular complexity index is 1300. The highest BCUT2D eigenvalue weighted by atomic mass is 32.1. The highest BCUT2D eigenvalue weighted by Crippen LogP contribution is 2.45. The van der Waals surface area contributed by atoms with Gasteiger partial charge in [0.25, 0.3) is 5.91 Å². The Balaban J connectivity index is 1.93. The van der Waals surface area contributed by atoms with Crippen molar-refractivity contribution in [2.75, 3.05) is 11.4 Å². The Morgan fingerprint density at radius 3 is 2.31 bits per heavy atom. The zero-order valence-corrected chi connectivity index (χ0v) is 22.2. The number of hydrogen-bond donors (Lipinski definition) is 1. The Morgan fingerprint density at radius 2 is 1.77 bits per heavy atom. The van der Waals surface area contributed by atoms with Gasteiger partial charge in [-0.2, -0.15) is 0 Å². The molecule has 6 nitrogen and oxygen atoms in total. The van der Waals surface area contributed by atoms with Crippen LogP contribution in [0.15, 0.2) is 30.3 Å². The second-order valence-corrected chi connectivity index (χ2v) is 11.5. The topological polar surface area (TPSA) is 79.7 Å². The third-order valence-corrected chi connectivity index (χ3v) is 7.07. The number of aromatic nitrogens is 1. The molecule has 0 saturated carbocycles. The number of anilines is 1. The molecule has 0 spiro atoms. The van der Waals surface area contributed by atoms with Gasteiger partial charge in [-0.25, -0.2) is 9.78 Å². The monoisotopic (exact) mass is 492 g/mol. The van der Waals surface area contributed by atoms with Crippen LogP contribution in [-0.2, 0) is 16.0 Å². The number of aryl methyl sites for hydroxylation is 4. The van der Waals surface area contributed by atoms with Gasteiger partial charge in [0.15, 0.2) is 6.10 Å². The molecule has 0 fully saturated rings. The van der Waals surface area contributed by atoms with Gasteiger partial charge < -0.3 is 14.7 Å². The van der Waals surface area contributed by atoms with E-state index in [1.54, 1.807) is 4.90 Å². The van der Waals surface area contributed by atoms with Gasteiger partial charge in [-0.05, 0) is 83.2 Å². The summed E-state index contributed by atoms with van der Waals surface area (Å²) < 4.78 is 6.09. The Morgan fingerprint density at radius 1 is 1.11 bits per heavy atom. The fourth-order valence-corrected chi connectivity index (χ4v) is 5.55. The normalized spacial score (nSPS) is 14.2. The molecule has 0 bridgehead atoms. The van der Waals surface area contributed by atoms with Gasteiger partial charge >= 0.3 is 5.97 Å².